The summed E-state index contributed by atoms with van der Waals surface area (Å²) in [5.41, 5.74) is 21.2. The molecule has 0 saturated heterocycles. The summed E-state index contributed by atoms with van der Waals surface area (Å²) in [6.45, 7) is 0. The Bertz CT molecular complexity index is 4670. The highest BCUT2D eigenvalue weighted by atomic mass is 28.2. The van der Waals surface area contributed by atoms with E-state index in [1.165, 1.54) is 159 Å². The van der Waals surface area contributed by atoms with Crippen molar-refractivity contribution in [2.75, 3.05) is 0 Å². The fourth-order valence-electron chi connectivity index (χ4n) is 12.9. The molecule has 16 rings (SSSR count). The first kappa shape index (κ1) is 44.4. The third-order valence-corrected chi connectivity index (χ3v) is 18.7. The molecule has 2 heteroatoms. The number of aromatic nitrogens is 1. The quantitative estimate of drug-likeness (QED) is 0.111. The Morgan fingerprint density at radius 1 is 0.205 bits per heavy atom. The zero-order chi connectivity index (χ0) is 51.3. The molecule has 0 spiro atoms. The minimum atomic E-state index is -0.736. The van der Waals surface area contributed by atoms with Crippen molar-refractivity contribution in [3.05, 3.63) is 285 Å². The van der Waals surface area contributed by atoms with E-state index < -0.39 is 9.52 Å². The summed E-state index contributed by atoms with van der Waals surface area (Å²) in [6, 6.07) is 107. The topological polar surface area (TPSA) is 4.93 Å². The molecule has 1 aliphatic rings. The second-order valence-electron chi connectivity index (χ2n) is 21.2. The predicted molar refractivity (Wildman–Crippen MR) is 337 cm³/mol. The van der Waals surface area contributed by atoms with Crippen molar-refractivity contribution in [2.24, 2.45) is 0 Å². The zero-order valence-corrected chi connectivity index (χ0v) is 44.2. The molecule has 0 amide bonds. The van der Waals surface area contributed by atoms with Crippen molar-refractivity contribution in [1.29, 1.82) is 0 Å². The Kier molecular flexibility index (Phi) is 10.2. The molecule has 2 heterocycles. The monoisotopic (exact) mass is 1000 g/mol. The van der Waals surface area contributed by atoms with Crippen LogP contribution in [-0.2, 0) is 0 Å². The maximum absolute atomic E-state index is 2.51. The number of benzene rings is 14. The van der Waals surface area contributed by atoms with E-state index in [-0.39, 0.29) is 0 Å². The molecule has 0 N–H and O–H groups in total. The SMILES string of the molecule is c1ccc(-c2ccc(-c3ccc4c(c3)[SiH2]c3cc(-n5c6ccc(-c7ccc(-c8cc9ccccc9c9ccccc89)cc7)cc6c6cc(-c7ccc(-c8cc9ccccc9c9ccccc89)cc7)ccc65)ccc3-4)cc2)cc1. The summed E-state index contributed by atoms with van der Waals surface area (Å²) < 4.78 is 2.51. The maximum atomic E-state index is 2.51. The van der Waals surface area contributed by atoms with Crippen molar-refractivity contribution in [2.45, 2.75) is 0 Å². The smallest absolute Gasteiger partial charge is 0.0892 e. The minimum absolute atomic E-state index is 0.736. The van der Waals surface area contributed by atoms with E-state index in [4.69, 9.17) is 0 Å². The standard InChI is InChI=1S/C76H49NSi/c1-2-12-48(13-3-1)49-22-24-52(25-23-49)57-34-38-67-68-39-37-60(47-76(68)78-75(67)46-57)77-73-40-35-55(50-26-30-53(31-27-50)69-44-58-14-4-6-16-61(58)63-18-8-10-20-65(63)69)42-71(73)72-43-56(36-41-74(72)77)51-28-32-54(33-29-51)70-45-59-15-5-7-17-62(59)64-19-9-11-21-66(64)70/h1-47H,78H2. The first-order valence-electron chi connectivity index (χ1n) is 27.2. The van der Waals surface area contributed by atoms with E-state index in [0.717, 1.165) is 0 Å². The molecule has 15 aromatic rings. The van der Waals surface area contributed by atoms with Gasteiger partial charge >= 0.3 is 0 Å². The number of hydrogen-bond acceptors (Lipinski definition) is 0. The lowest BCUT2D eigenvalue weighted by molar-refractivity contribution is 1.18. The Balaban J connectivity index is 0.786. The third-order valence-electron chi connectivity index (χ3n) is 16.8. The molecule has 1 aliphatic heterocycles. The molecule has 0 fully saturated rings. The molecule has 0 saturated carbocycles. The van der Waals surface area contributed by atoms with Crippen LogP contribution in [0.5, 0.6) is 0 Å². The molecule has 78 heavy (non-hydrogen) atoms. The molecule has 1 aromatic heterocycles. The van der Waals surface area contributed by atoms with Crippen LogP contribution < -0.4 is 10.4 Å². The van der Waals surface area contributed by atoms with E-state index in [0.29, 0.717) is 0 Å². The van der Waals surface area contributed by atoms with Crippen molar-refractivity contribution in [3.8, 4) is 83.6 Å². The summed E-state index contributed by atoms with van der Waals surface area (Å²) in [5.74, 6) is 0. The molecule has 362 valence electrons. The van der Waals surface area contributed by atoms with Gasteiger partial charge in [-0.25, -0.2) is 0 Å². The molecule has 0 radical (unpaired) electrons. The van der Waals surface area contributed by atoms with Gasteiger partial charge in [-0.05, 0) is 170 Å². The molecular formula is C76H49NSi. The summed E-state index contributed by atoms with van der Waals surface area (Å²) in [4.78, 5) is 0. The van der Waals surface area contributed by atoms with Crippen LogP contribution in [-0.4, -0.2) is 14.1 Å². The lowest BCUT2D eigenvalue weighted by Crippen LogP contribution is -2.21. The fourth-order valence-corrected chi connectivity index (χ4v) is 15.0. The van der Waals surface area contributed by atoms with Gasteiger partial charge in [-0.2, -0.15) is 0 Å². The van der Waals surface area contributed by atoms with E-state index in [1.807, 2.05) is 0 Å². The summed E-state index contributed by atoms with van der Waals surface area (Å²) in [5, 5.41) is 15.7. The van der Waals surface area contributed by atoms with Gasteiger partial charge in [-0.1, -0.05) is 247 Å². The Hall–Kier alpha value is -9.86. The second-order valence-corrected chi connectivity index (χ2v) is 23.0. The van der Waals surface area contributed by atoms with Gasteiger partial charge in [0.1, 0.15) is 0 Å². The average Bonchev–Trinajstić information content (AvgIpc) is 4.19. The van der Waals surface area contributed by atoms with E-state index >= 15 is 0 Å². The largest absolute Gasteiger partial charge is 0.309 e. The van der Waals surface area contributed by atoms with Crippen LogP contribution in [0.1, 0.15) is 0 Å². The molecule has 14 aromatic carbocycles. The molecule has 0 bridgehead atoms. The van der Waals surface area contributed by atoms with Crippen molar-refractivity contribution >= 4 is 84.8 Å². The van der Waals surface area contributed by atoms with Crippen LogP contribution in [0, 0.1) is 0 Å². The minimum Gasteiger partial charge on any atom is -0.309 e. The van der Waals surface area contributed by atoms with E-state index in [1.54, 1.807) is 0 Å². The van der Waals surface area contributed by atoms with Gasteiger partial charge in [0.15, 0.2) is 0 Å². The molecule has 1 nitrogen and oxygen atoms in total. The highest BCUT2D eigenvalue weighted by Crippen LogP contribution is 2.41. The van der Waals surface area contributed by atoms with Crippen molar-refractivity contribution in [1.82, 2.24) is 4.57 Å². The fraction of sp³-hybridized carbons (Fsp3) is 0. The first-order valence-corrected chi connectivity index (χ1v) is 28.6. The first-order chi connectivity index (χ1) is 38.6. The van der Waals surface area contributed by atoms with Crippen molar-refractivity contribution in [3.63, 3.8) is 0 Å². The van der Waals surface area contributed by atoms with Gasteiger partial charge in [0.25, 0.3) is 0 Å². The van der Waals surface area contributed by atoms with E-state index in [9.17, 15) is 0 Å². The Labute approximate surface area is 455 Å². The van der Waals surface area contributed by atoms with Gasteiger partial charge in [0.2, 0.25) is 0 Å². The molecule has 0 aliphatic carbocycles. The van der Waals surface area contributed by atoms with Crippen molar-refractivity contribution < 1.29 is 0 Å². The van der Waals surface area contributed by atoms with Gasteiger partial charge in [0, 0.05) is 16.5 Å². The average molecular weight is 1000 g/mol. The number of rotatable bonds is 7. The Morgan fingerprint density at radius 3 is 1.08 bits per heavy atom. The van der Waals surface area contributed by atoms with Crippen LogP contribution in [0.25, 0.3) is 148 Å². The normalized spacial score (nSPS) is 12.4. The second kappa shape index (κ2) is 17.9. The Morgan fingerprint density at radius 2 is 0.564 bits per heavy atom. The summed E-state index contributed by atoms with van der Waals surface area (Å²) in [7, 11) is -0.736. The van der Waals surface area contributed by atoms with Crippen LogP contribution in [0.3, 0.4) is 0 Å². The predicted octanol–water partition coefficient (Wildman–Crippen LogP) is 18.5. The third kappa shape index (κ3) is 7.29. The zero-order valence-electron chi connectivity index (χ0n) is 42.8. The van der Waals surface area contributed by atoms with Gasteiger partial charge < -0.3 is 4.57 Å². The lowest BCUT2D eigenvalue weighted by atomic mass is 9.92. The van der Waals surface area contributed by atoms with Gasteiger partial charge in [-0.15, -0.1) is 0 Å². The summed E-state index contributed by atoms with van der Waals surface area (Å²) in [6.07, 6.45) is 0. The van der Waals surface area contributed by atoms with Gasteiger partial charge in [0.05, 0.1) is 20.6 Å². The van der Waals surface area contributed by atoms with Gasteiger partial charge in [-0.3, -0.25) is 0 Å². The highest BCUT2D eigenvalue weighted by Gasteiger charge is 2.23. The lowest BCUT2D eigenvalue weighted by Gasteiger charge is -2.12. The van der Waals surface area contributed by atoms with Crippen LogP contribution in [0.4, 0.5) is 0 Å². The molecule has 0 unspecified atom stereocenters. The number of hydrogen-bond donors (Lipinski definition) is 0. The maximum Gasteiger partial charge on any atom is 0.0892 e. The van der Waals surface area contributed by atoms with Crippen LogP contribution >= 0.6 is 0 Å². The van der Waals surface area contributed by atoms with E-state index in [2.05, 4.69) is 290 Å². The summed E-state index contributed by atoms with van der Waals surface area (Å²) >= 11 is 0. The van der Waals surface area contributed by atoms with Crippen LogP contribution in [0.2, 0.25) is 0 Å². The highest BCUT2D eigenvalue weighted by molar-refractivity contribution is 6.73. The molecule has 0 atom stereocenters. The number of nitrogens with zero attached hydrogens (tertiary/aromatic N) is 1. The molecular weight excluding hydrogens is 955 g/mol. The van der Waals surface area contributed by atoms with Crippen LogP contribution in [0.15, 0.2) is 285 Å². The number of fused-ring (bicyclic) bond motifs is 12.